The number of hydrogen-bond donors (Lipinski definition) is 2. The average molecular weight is 243 g/mol. The smallest absolute Gasteiger partial charge is 0.103 e. The number of hydrogen-bond acceptors (Lipinski definition) is 2. The van der Waals surface area contributed by atoms with Crippen LogP contribution >= 0.6 is 0 Å². The summed E-state index contributed by atoms with van der Waals surface area (Å²) < 4.78 is 0. The van der Waals surface area contributed by atoms with Gasteiger partial charge in [0.05, 0.1) is 5.69 Å². The van der Waals surface area contributed by atoms with E-state index in [1.165, 1.54) is 17.5 Å². The van der Waals surface area contributed by atoms with Crippen LogP contribution in [0.2, 0.25) is 0 Å². The number of aromatic amines is 1. The lowest BCUT2D eigenvalue weighted by Gasteiger charge is -2.03. The normalized spacial score (nSPS) is 10.8. The Bertz CT molecular complexity index is 497. The number of nitrogens with two attached hydrogens (primary N) is 1. The maximum absolute atomic E-state index is 5.63. The van der Waals surface area contributed by atoms with Crippen LogP contribution in [-0.2, 0) is 12.8 Å². The van der Waals surface area contributed by atoms with Gasteiger partial charge in [-0.1, -0.05) is 37.6 Å². The van der Waals surface area contributed by atoms with E-state index in [0.29, 0.717) is 6.54 Å². The molecule has 1 heterocycles. The third-order valence-corrected chi connectivity index (χ3v) is 3.06. The lowest BCUT2D eigenvalue weighted by Crippen LogP contribution is -2.04. The van der Waals surface area contributed by atoms with Crippen molar-refractivity contribution in [1.82, 2.24) is 9.97 Å². The van der Waals surface area contributed by atoms with Crippen molar-refractivity contribution in [3.63, 3.8) is 0 Å². The van der Waals surface area contributed by atoms with Gasteiger partial charge in [0.2, 0.25) is 0 Å². The number of H-pyrrole nitrogens is 1. The molecule has 0 spiro atoms. The molecular formula is C15H21N3. The molecule has 3 N–H and O–H groups in total. The molecule has 96 valence electrons. The molecule has 1 aromatic heterocycles. The Labute approximate surface area is 108 Å². The van der Waals surface area contributed by atoms with Gasteiger partial charge < -0.3 is 10.7 Å². The standard InChI is InChI=1S/C15H21N3/c1-3-4-12-5-7-13(8-6-12)15-14(9-10-16)17-11(2)18-15/h5-8H,3-4,9-10,16H2,1-2H3,(H,17,18). The quantitative estimate of drug-likeness (QED) is 0.848. The number of aromatic nitrogens is 2. The zero-order valence-electron chi connectivity index (χ0n) is 11.2. The molecular weight excluding hydrogens is 222 g/mol. The van der Waals surface area contributed by atoms with E-state index in [1.54, 1.807) is 0 Å². The second-order valence-corrected chi connectivity index (χ2v) is 4.63. The van der Waals surface area contributed by atoms with Crippen molar-refractivity contribution in [2.75, 3.05) is 6.54 Å². The zero-order chi connectivity index (χ0) is 13.0. The number of nitrogens with one attached hydrogen (secondary N) is 1. The predicted molar refractivity (Wildman–Crippen MR) is 75.5 cm³/mol. The summed E-state index contributed by atoms with van der Waals surface area (Å²) in [6.45, 7) is 4.82. The molecule has 0 saturated heterocycles. The average Bonchev–Trinajstić information content (AvgIpc) is 2.72. The first-order valence-electron chi connectivity index (χ1n) is 6.59. The summed E-state index contributed by atoms with van der Waals surface area (Å²) in [6, 6.07) is 8.69. The van der Waals surface area contributed by atoms with Crippen LogP contribution in [0.25, 0.3) is 11.3 Å². The highest BCUT2D eigenvalue weighted by molar-refractivity contribution is 5.62. The van der Waals surface area contributed by atoms with Crippen molar-refractivity contribution < 1.29 is 0 Å². The van der Waals surface area contributed by atoms with Crippen LogP contribution in [0.1, 0.15) is 30.4 Å². The van der Waals surface area contributed by atoms with Gasteiger partial charge in [0, 0.05) is 17.7 Å². The zero-order valence-corrected chi connectivity index (χ0v) is 11.2. The maximum atomic E-state index is 5.63. The Morgan fingerprint density at radius 3 is 2.50 bits per heavy atom. The fourth-order valence-electron chi connectivity index (χ4n) is 2.22. The molecule has 1 aromatic carbocycles. The van der Waals surface area contributed by atoms with Crippen LogP contribution in [0.4, 0.5) is 0 Å². The van der Waals surface area contributed by atoms with Gasteiger partial charge in [-0.3, -0.25) is 0 Å². The van der Waals surface area contributed by atoms with Gasteiger partial charge in [0.1, 0.15) is 5.82 Å². The minimum Gasteiger partial charge on any atom is -0.346 e. The summed E-state index contributed by atoms with van der Waals surface area (Å²) in [4.78, 5) is 7.86. The summed E-state index contributed by atoms with van der Waals surface area (Å²) in [5.41, 5.74) is 10.4. The summed E-state index contributed by atoms with van der Waals surface area (Å²) in [6.07, 6.45) is 3.15. The number of imidazole rings is 1. The van der Waals surface area contributed by atoms with Crippen molar-refractivity contribution in [1.29, 1.82) is 0 Å². The van der Waals surface area contributed by atoms with Crippen molar-refractivity contribution in [3.8, 4) is 11.3 Å². The van der Waals surface area contributed by atoms with Gasteiger partial charge in [-0.05, 0) is 25.5 Å². The van der Waals surface area contributed by atoms with E-state index in [0.717, 1.165) is 30.1 Å². The fourth-order valence-corrected chi connectivity index (χ4v) is 2.22. The first-order chi connectivity index (χ1) is 8.74. The Balaban J connectivity index is 2.29. The van der Waals surface area contributed by atoms with Crippen molar-refractivity contribution in [3.05, 3.63) is 41.3 Å². The largest absolute Gasteiger partial charge is 0.346 e. The lowest BCUT2D eigenvalue weighted by molar-refractivity contribution is 0.921. The van der Waals surface area contributed by atoms with Gasteiger partial charge in [-0.15, -0.1) is 0 Å². The molecule has 0 fully saturated rings. The molecule has 0 saturated carbocycles. The van der Waals surface area contributed by atoms with Gasteiger partial charge in [0.25, 0.3) is 0 Å². The molecule has 0 aliphatic carbocycles. The van der Waals surface area contributed by atoms with Gasteiger partial charge >= 0.3 is 0 Å². The van der Waals surface area contributed by atoms with E-state index in [4.69, 9.17) is 5.73 Å². The fraction of sp³-hybridized carbons (Fsp3) is 0.400. The second-order valence-electron chi connectivity index (χ2n) is 4.63. The number of benzene rings is 1. The molecule has 2 aromatic rings. The number of aryl methyl sites for hydroxylation is 2. The third kappa shape index (κ3) is 2.79. The van der Waals surface area contributed by atoms with Crippen LogP contribution < -0.4 is 5.73 Å². The molecule has 0 radical (unpaired) electrons. The summed E-state index contributed by atoms with van der Waals surface area (Å²) >= 11 is 0. The van der Waals surface area contributed by atoms with Gasteiger partial charge in [-0.25, -0.2) is 4.98 Å². The molecule has 0 aliphatic rings. The minimum absolute atomic E-state index is 0.641. The van der Waals surface area contributed by atoms with Crippen molar-refractivity contribution >= 4 is 0 Å². The van der Waals surface area contributed by atoms with Crippen LogP contribution in [-0.4, -0.2) is 16.5 Å². The van der Waals surface area contributed by atoms with Crippen LogP contribution in [0.3, 0.4) is 0 Å². The SMILES string of the molecule is CCCc1ccc(-c2nc(C)[nH]c2CCN)cc1. The van der Waals surface area contributed by atoms with E-state index < -0.39 is 0 Å². The lowest BCUT2D eigenvalue weighted by atomic mass is 10.0. The molecule has 3 nitrogen and oxygen atoms in total. The van der Waals surface area contributed by atoms with E-state index in [9.17, 15) is 0 Å². The molecule has 3 heteroatoms. The molecule has 0 amide bonds. The highest BCUT2D eigenvalue weighted by Crippen LogP contribution is 2.22. The first kappa shape index (κ1) is 12.8. The highest BCUT2D eigenvalue weighted by atomic mass is 14.9. The topological polar surface area (TPSA) is 54.7 Å². The second kappa shape index (κ2) is 5.83. The molecule has 0 atom stereocenters. The summed E-state index contributed by atoms with van der Waals surface area (Å²) in [5, 5.41) is 0. The van der Waals surface area contributed by atoms with Crippen LogP contribution in [0.15, 0.2) is 24.3 Å². The van der Waals surface area contributed by atoms with Crippen LogP contribution in [0, 0.1) is 6.92 Å². The molecule has 0 unspecified atom stereocenters. The van der Waals surface area contributed by atoms with Crippen LogP contribution in [0.5, 0.6) is 0 Å². The molecule has 18 heavy (non-hydrogen) atoms. The third-order valence-electron chi connectivity index (χ3n) is 3.06. The minimum atomic E-state index is 0.641. The number of rotatable bonds is 5. The summed E-state index contributed by atoms with van der Waals surface area (Å²) in [7, 11) is 0. The van der Waals surface area contributed by atoms with E-state index in [1.807, 2.05) is 6.92 Å². The van der Waals surface area contributed by atoms with E-state index in [2.05, 4.69) is 41.2 Å². The van der Waals surface area contributed by atoms with Gasteiger partial charge in [-0.2, -0.15) is 0 Å². The molecule has 0 aliphatic heterocycles. The van der Waals surface area contributed by atoms with Crippen molar-refractivity contribution in [2.45, 2.75) is 33.1 Å². The Hall–Kier alpha value is -1.61. The van der Waals surface area contributed by atoms with E-state index in [-0.39, 0.29) is 0 Å². The van der Waals surface area contributed by atoms with E-state index >= 15 is 0 Å². The molecule has 0 bridgehead atoms. The maximum Gasteiger partial charge on any atom is 0.103 e. The highest BCUT2D eigenvalue weighted by Gasteiger charge is 2.09. The Morgan fingerprint density at radius 1 is 1.17 bits per heavy atom. The monoisotopic (exact) mass is 243 g/mol. The molecule has 2 rings (SSSR count). The van der Waals surface area contributed by atoms with Crippen molar-refractivity contribution in [2.24, 2.45) is 5.73 Å². The Kier molecular flexibility index (Phi) is 4.15. The summed E-state index contributed by atoms with van der Waals surface area (Å²) in [5.74, 6) is 0.950. The number of nitrogens with zero attached hydrogens (tertiary/aromatic N) is 1. The predicted octanol–water partition coefficient (Wildman–Crippen LogP) is 2.84. The van der Waals surface area contributed by atoms with Gasteiger partial charge in [0.15, 0.2) is 0 Å². The Morgan fingerprint density at radius 2 is 1.89 bits per heavy atom. The first-order valence-corrected chi connectivity index (χ1v) is 6.59.